The topological polar surface area (TPSA) is 76.2 Å². The fourth-order valence-electron chi connectivity index (χ4n) is 2.92. The maximum absolute atomic E-state index is 11.3. The molecular formula is C14H25N5O. The zero-order chi connectivity index (χ0) is 14.7. The van der Waals surface area contributed by atoms with Crippen molar-refractivity contribution in [2.45, 2.75) is 33.2 Å². The van der Waals surface area contributed by atoms with Crippen LogP contribution in [0.25, 0.3) is 0 Å². The van der Waals surface area contributed by atoms with Crippen molar-refractivity contribution < 1.29 is 4.79 Å². The molecule has 112 valence electrons. The Morgan fingerprint density at radius 2 is 2.10 bits per heavy atom. The van der Waals surface area contributed by atoms with Gasteiger partial charge in [0.15, 0.2) is 0 Å². The predicted octanol–water partition coefficient (Wildman–Crippen LogP) is 0.540. The number of amides is 1. The maximum atomic E-state index is 11.3. The van der Waals surface area contributed by atoms with Gasteiger partial charge in [-0.2, -0.15) is 5.10 Å². The number of piperidine rings is 1. The van der Waals surface area contributed by atoms with E-state index in [9.17, 15) is 4.79 Å². The number of hydrogen-bond acceptors (Lipinski definition) is 4. The monoisotopic (exact) mass is 279 g/mol. The van der Waals surface area contributed by atoms with Gasteiger partial charge in [0.05, 0.1) is 5.69 Å². The second kappa shape index (κ2) is 6.26. The number of rotatable bonds is 5. The van der Waals surface area contributed by atoms with Crippen molar-refractivity contribution in [3.05, 3.63) is 11.3 Å². The molecule has 0 aliphatic carbocycles. The highest BCUT2D eigenvalue weighted by molar-refractivity contribution is 5.77. The van der Waals surface area contributed by atoms with Gasteiger partial charge < -0.3 is 16.0 Å². The Labute approximate surface area is 120 Å². The molecule has 1 saturated heterocycles. The van der Waals surface area contributed by atoms with Crippen molar-refractivity contribution in [3.8, 4) is 0 Å². The Kier molecular flexibility index (Phi) is 4.65. The van der Waals surface area contributed by atoms with Crippen LogP contribution in [0.4, 0.5) is 5.82 Å². The lowest BCUT2D eigenvalue weighted by Gasteiger charge is -2.32. The normalized spacial score (nSPS) is 16.6. The number of nitrogens with zero attached hydrogens (tertiary/aromatic N) is 3. The zero-order valence-electron chi connectivity index (χ0n) is 12.6. The SMILES string of the molecule is CCNCc1c(C)nn(C)c1N1CCC(C(N)=O)CC1. The minimum atomic E-state index is -0.168. The van der Waals surface area contributed by atoms with Crippen molar-refractivity contribution in [2.24, 2.45) is 18.7 Å². The molecule has 0 atom stereocenters. The van der Waals surface area contributed by atoms with Crippen molar-refractivity contribution in [2.75, 3.05) is 24.5 Å². The van der Waals surface area contributed by atoms with E-state index in [4.69, 9.17) is 5.73 Å². The lowest BCUT2D eigenvalue weighted by Crippen LogP contribution is -2.39. The van der Waals surface area contributed by atoms with E-state index in [-0.39, 0.29) is 11.8 Å². The first-order valence-corrected chi connectivity index (χ1v) is 7.32. The summed E-state index contributed by atoms with van der Waals surface area (Å²) in [6, 6.07) is 0. The third-order valence-corrected chi connectivity index (χ3v) is 4.06. The quantitative estimate of drug-likeness (QED) is 0.825. The molecule has 3 N–H and O–H groups in total. The summed E-state index contributed by atoms with van der Waals surface area (Å²) >= 11 is 0. The maximum Gasteiger partial charge on any atom is 0.220 e. The smallest absolute Gasteiger partial charge is 0.220 e. The molecule has 2 heterocycles. The van der Waals surface area contributed by atoms with Crippen LogP contribution in [0.3, 0.4) is 0 Å². The summed E-state index contributed by atoms with van der Waals surface area (Å²) in [5, 5.41) is 7.91. The van der Waals surface area contributed by atoms with Crippen LogP contribution in [0, 0.1) is 12.8 Å². The molecule has 0 aromatic carbocycles. The minimum absolute atomic E-state index is 0.0257. The van der Waals surface area contributed by atoms with Gasteiger partial charge >= 0.3 is 0 Å². The number of carbonyl (C=O) groups excluding carboxylic acids is 1. The summed E-state index contributed by atoms with van der Waals surface area (Å²) in [6.45, 7) is 7.66. The zero-order valence-corrected chi connectivity index (χ0v) is 12.6. The number of aryl methyl sites for hydroxylation is 2. The van der Waals surface area contributed by atoms with Gasteiger partial charge in [-0.1, -0.05) is 6.92 Å². The van der Waals surface area contributed by atoms with Crippen LogP contribution >= 0.6 is 0 Å². The molecule has 6 nitrogen and oxygen atoms in total. The fraction of sp³-hybridized carbons (Fsp3) is 0.714. The van der Waals surface area contributed by atoms with E-state index in [1.54, 1.807) is 0 Å². The molecular weight excluding hydrogens is 254 g/mol. The summed E-state index contributed by atoms with van der Waals surface area (Å²) < 4.78 is 1.95. The number of nitrogens with two attached hydrogens (primary N) is 1. The van der Waals surface area contributed by atoms with E-state index >= 15 is 0 Å². The van der Waals surface area contributed by atoms with Gasteiger partial charge in [0.25, 0.3) is 0 Å². The fourth-order valence-corrected chi connectivity index (χ4v) is 2.92. The summed E-state index contributed by atoms with van der Waals surface area (Å²) in [7, 11) is 1.98. The van der Waals surface area contributed by atoms with Gasteiger partial charge in [-0.15, -0.1) is 0 Å². The van der Waals surface area contributed by atoms with E-state index in [2.05, 4.69) is 22.2 Å². The van der Waals surface area contributed by atoms with Gasteiger partial charge in [0, 0.05) is 38.2 Å². The Bertz CT molecular complexity index is 474. The molecule has 1 aromatic rings. The average Bonchev–Trinajstić information content (AvgIpc) is 2.70. The van der Waals surface area contributed by atoms with E-state index < -0.39 is 0 Å². The molecule has 20 heavy (non-hydrogen) atoms. The van der Waals surface area contributed by atoms with Crippen molar-refractivity contribution in [1.29, 1.82) is 0 Å². The Morgan fingerprint density at radius 1 is 1.45 bits per heavy atom. The standard InChI is InChI=1S/C14H25N5O/c1-4-16-9-12-10(2)17-18(3)14(12)19-7-5-11(6-8-19)13(15)20/h11,16H,4-9H2,1-3H3,(H2,15,20). The Balaban J connectivity index is 2.14. The van der Waals surface area contributed by atoms with Crippen LogP contribution in [0.2, 0.25) is 0 Å². The second-order valence-corrected chi connectivity index (χ2v) is 5.46. The van der Waals surface area contributed by atoms with Gasteiger partial charge in [0.2, 0.25) is 5.91 Å². The molecule has 1 aliphatic heterocycles. The number of aromatic nitrogens is 2. The minimum Gasteiger partial charge on any atom is -0.369 e. The summed E-state index contributed by atoms with van der Waals surface area (Å²) in [5.74, 6) is 1.03. The number of hydrogen-bond donors (Lipinski definition) is 2. The molecule has 0 saturated carbocycles. The first kappa shape index (κ1) is 14.8. The summed E-state index contributed by atoms with van der Waals surface area (Å²) in [6.07, 6.45) is 1.67. The molecule has 0 unspecified atom stereocenters. The molecule has 0 radical (unpaired) electrons. The van der Waals surface area contributed by atoms with Crippen LogP contribution in [0.15, 0.2) is 0 Å². The van der Waals surface area contributed by atoms with Gasteiger partial charge in [0.1, 0.15) is 5.82 Å². The highest BCUT2D eigenvalue weighted by Gasteiger charge is 2.26. The van der Waals surface area contributed by atoms with Crippen LogP contribution < -0.4 is 16.0 Å². The van der Waals surface area contributed by atoms with E-state index in [0.29, 0.717) is 0 Å². The van der Waals surface area contributed by atoms with Crippen LogP contribution in [0.1, 0.15) is 31.0 Å². The van der Waals surface area contributed by atoms with Crippen LogP contribution in [-0.2, 0) is 18.4 Å². The molecule has 2 rings (SSSR count). The third kappa shape index (κ3) is 2.95. The number of nitrogens with one attached hydrogen (secondary N) is 1. The molecule has 1 aliphatic rings. The Hall–Kier alpha value is -1.56. The second-order valence-electron chi connectivity index (χ2n) is 5.46. The Morgan fingerprint density at radius 3 is 2.65 bits per heavy atom. The number of primary amides is 1. The van der Waals surface area contributed by atoms with Crippen molar-refractivity contribution in [3.63, 3.8) is 0 Å². The van der Waals surface area contributed by atoms with Crippen LogP contribution in [-0.4, -0.2) is 35.3 Å². The van der Waals surface area contributed by atoms with Crippen molar-refractivity contribution >= 4 is 11.7 Å². The summed E-state index contributed by atoms with van der Waals surface area (Å²) in [4.78, 5) is 13.6. The van der Waals surface area contributed by atoms with Crippen LogP contribution in [0.5, 0.6) is 0 Å². The third-order valence-electron chi connectivity index (χ3n) is 4.06. The van der Waals surface area contributed by atoms with E-state index in [1.807, 2.05) is 18.7 Å². The molecule has 0 spiro atoms. The van der Waals surface area contributed by atoms with Gasteiger partial charge in [-0.05, 0) is 26.3 Å². The largest absolute Gasteiger partial charge is 0.369 e. The average molecular weight is 279 g/mol. The first-order chi connectivity index (χ1) is 9.54. The molecule has 1 amide bonds. The van der Waals surface area contributed by atoms with Gasteiger partial charge in [-0.3, -0.25) is 9.48 Å². The lowest BCUT2D eigenvalue weighted by molar-refractivity contribution is -0.122. The molecule has 0 bridgehead atoms. The highest BCUT2D eigenvalue weighted by Crippen LogP contribution is 2.27. The number of anilines is 1. The van der Waals surface area contributed by atoms with E-state index in [1.165, 1.54) is 11.4 Å². The molecule has 6 heteroatoms. The van der Waals surface area contributed by atoms with E-state index in [0.717, 1.165) is 44.7 Å². The van der Waals surface area contributed by atoms with Gasteiger partial charge in [-0.25, -0.2) is 0 Å². The lowest BCUT2D eigenvalue weighted by atomic mass is 9.96. The first-order valence-electron chi connectivity index (χ1n) is 7.32. The summed E-state index contributed by atoms with van der Waals surface area (Å²) in [5.41, 5.74) is 7.72. The predicted molar refractivity (Wildman–Crippen MR) is 79.5 cm³/mol. The number of carbonyl (C=O) groups is 1. The molecule has 1 aromatic heterocycles. The molecule has 1 fully saturated rings. The highest BCUT2D eigenvalue weighted by atomic mass is 16.1. The van der Waals surface area contributed by atoms with Crippen molar-refractivity contribution in [1.82, 2.24) is 15.1 Å².